The molecule has 0 atom stereocenters. The van der Waals surface area contributed by atoms with Gasteiger partial charge in [-0.1, -0.05) is 0 Å². The molecule has 0 saturated carbocycles. The van der Waals surface area contributed by atoms with Crippen LogP contribution < -0.4 is 9.64 Å². The highest BCUT2D eigenvalue weighted by atomic mass is 32.2. The average molecular weight is 287 g/mol. The number of ether oxygens (including phenoxy) is 1. The van der Waals surface area contributed by atoms with Gasteiger partial charge in [0.25, 0.3) is 10.1 Å². The Bertz CT molecular complexity index is 530. The zero-order valence-electron chi connectivity index (χ0n) is 11.9. The predicted molar refractivity (Wildman–Crippen MR) is 75.6 cm³/mol. The monoisotopic (exact) mass is 287 g/mol. The van der Waals surface area contributed by atoms with E-state index in [-0.39, 0.29) is 17.0 Å². The van der Waals surface area contributed by atoms with E-state index in [0.717, 1.165) is 0 Å². The molecule has 0 aliphatic heterocycles. The first kappa shape index (κ1) is 15.8. The maximum Gasteiger partial charge on any atom is 0.294 e. The van der Waals surface area contributed by atoms with Crippen LogP contribution in [0.1, 0.15) is 27.7 Å². The molecule has 0 aliphatic carbocycles. The second-order valence-corrected chi connectivity index (χ2v) is 6.33. The second-order valence-electron chi connectivity index (χ2n) is 4.90. The number of benzene rings is 1. The van der Waals surface area contributed by atoms with Crippen molar-refractivity contribution in [2.45, 2.75) is 44.7 Å². The molecule has 1 aromatic rings. The SMILES string of the molecule is COc1ccc(S(=O)(=O)O)cc1N(C(C)C)C(C)C. The fourth-order valence-corrected chi connectivity index (χ4v) is 2.69. The number of nitrogens with zero attached hydrogens (tertiary/aromatic N) is 1. The molecule has 1 N–H and O–H groups in total. The Morgan fingerprint density at radius 2 is 1.68 bits per heavy atom. The maximum absolute atomic E-state index is 11.2. The standard InChI is InChI=1S/C13H21NO4S/c1-9(2)14(10(3)4)12-8-11(19(15,16)17)6-7-13(12)18-5/h6-10H,1-5H3,(H,15,16,17). The first-order chi connectivity index (χ1) is 8.68. The first-order valence-electron chi connectivity index (χ1n) is 6.12. The van der Waals surface area contributed by atoms with Crippen molar-refractivity contribution in [3.8, 4) is 5.75 Å². The van der Waals surface area contributed by atoms with Crippen LogP contribution in [-0.2, 0) is 10.1 Å². The van der Waals surface area contributed by atoms with Gasteiger partial charge in [0.05, 0.1) is 17.7 Å². The van der Waals surface area contributed by atoms with Crippen molar-refractivity contribution >= 4 is 15.8 Å². The van der Waals surface area contributed by atoms with E-state index in [9.17, 15) is 8.42 Å². The highest BCUT2D eigenvalue weighted by Gasteiger charge is 2.21. The molecule has 0 aliphatic rings. The Morgan fingerprint density at radius 3 is 2.05 bits per heavy atom. The minimum atomic E-state index is -4.22. The van der Waals surface area contributed by atoms with E-state index >= 15 is 0 Å². The van der Waals surface area contributed by atoms with Gasteiger partial charge in [-0.15, -0.1) is 0 Å². The molecule has 0 aromatic heterocycles. The molecule has 5 nitrogen and oxygen atoms in total. The van der Waals surface area contributed by atoms with Gasteiger partial charge in [-0.05, 0) is 45.9 Å². The Kier molecular flexibility index (Phi) is 4.81. The van der Waals surface area contributed by atoms with E-state index < -0.39 is 10.1 Å². The highest BCUT2D eigenvalue weighted by Crippen LogP contribution is 2.33. The van der Waals surface area contributed by atoms with Crippen molar-refractivity contribution in [3.05, 3.63) is 18.2 Å². The van der Waals surface area contributed by atoms with Gasteiger partial charge in [-0.3, -0.25) is 4.55 Å². The molecular formula is C13H21NO4S. The lowest BCUT2D eigenvalue weighted by molar-refractivity contribution is 0.411. The molecule has 1 aromatic carbocycles. The van der Waals surface area contributed by atoms with Gasteiger partial charge in [-0.25, -0.2) is 0 Å². The quantitative estimate of drug-likeness (QED) is 0.843. The third-order valence-electron chi connectivity index (χ3n) is 2.84. The minimum Gasteiger partial charge on any atom is -0.495 e. The van der Waals surface area contributed by atoms with E-state index in [2.05, 4.69) is 0 Å². The lowest BCUT2D eigenvalue weighted by atomic mass is 10.1. The summed E-state index contributed by atoms with van der Waals surface area (Å²) in [6.07, 6.45) is 0. The van der Waals surface area contributed by atoms with Gasteiger partial charge < -0.3 is 9.64 Å². The van der Waals surface area contributed by atoms with Crippen molar-refractivity contribution in [1.29, 1.82) is 0 Å². The summed E-state index contributed by atoms with van der Waals surface area (Å²) in [5.74, 6) is 0.579. The van der Waals surface area contributed by atoms with Crippen LogP contribution in [0.4, 0.5) is 5.69 Å². The number of methoxy groups -OCH3 is 1. The minimum absolute atomic E-state index is 0.130. The Hall–Kier alpha value is -1.27. The molecule has 0 fully saturated rings. The van der Waals surface area contributed by atoms with E-state index in [0.29, 0.717) is 11.4 Å². The van der Waals surface area contributed by atoms with Crippen LogP contribution in [0.2, 0.25) is 0 Å². The Balaban J connectivity index is 3.45. The van der Waals surface area contributed by atoms with E-state index in [4.69, 9.17) is 9.29 Å². The molecule has 0 radical (unpaired) electrons. The molecule has 1 rings (SSSR count). The van der Waals surface area contributed by atoms with Gasteiger partial charge >= 0.3 is 0 Å². The zero-order valence-corrected chi connectivity index (χ0v) is 12.7. The molecule has 0 spiro atoms. The van der Waals surface area contributed by atoms with E-state index in [1.807, 2.05) is 32.6 Å². The Morgan fingerprint density at radius 1 is 1.16 bits per heavy atom. The van der Waals surface area contributed by atoms with Crippen molar-refractivity contribution in [3.63, 3.8) is 0 Å². The molecule has 19 heavy (non-hydrogen) atoms. The summed E-state index contributed by atoms with van der Waals surface area (Å²) in [5.41, 5.74) is 0.655. The summed E-state index contributed by atoms with van der Waals surface area (Å²) in [4.78, 5) is 1.91. The van der Waals surface area contributed by atoms with Crippen LogP contribution in [0.25, 0.3) is 0 Å². The number of hydrogen-bond donors (Lipinski definition) is 1. The predicted octanol–water partition coefficient (Wildman–Crippen LogP) is 2.57. The van der Waals surface area contributed by atoms with Crippen LogP contribution in [0.5, 0.6) is 5.75 Å². The third kappa shape index (κ3) is 3.61. The molecule has 0 unspecified atom stereocenters. The van der Waals surface area contributed by atoms with E-state index in [1.165, 1.54) is 19.2 Å². The summed E-state index contributed by atoms with van der Waals surface area (Å²) in [6.45, 7) is 8.05. The maximum atomic E-state index is 11.2. The van der Waals surface area contributed by atoms with Gasteiger partial charge in [-0.2, -0.15) is 8.42 Å². The smallest absolute Gasteiger partial charge is 0.294 e. The first-order valence-corrected chi connectivity index (χ1v) is 7.56. The number of hydrogen-bond acceptors (Lipinski definition) is 4. The van der Waals surface area contributed by atoms with Crippen LogP contribution in [0, 0.1) is 0 Å². The summed E-state index contributed by atoms with van der Waals surface area (Å²) in [6, 6.07) is 4.66. The molecule has 108 valence electrons. The van der Waals surface area contributed by atoms with Gasteiger partial charge in [0.1, 0.15) is 5.75 Å². The molecule has 0 saturated heterocycles. The fourth-order valence-electron chi connectivity index (χ4n) is 2.18. The third-order valence-corrected chi connectivity index (χ3v) is 3.69. The fraction of sp³-hybridized carbons (Fsp3) is 0.538. The normalized spacial score (nSPS) is 12.0. The largest absolute Gasteiger partial charge is 0.495 e. The lowest BCUT2D eigenvalue weighted by Crippen LogP contribution is -2.37. The summed E-state index contributed by atoms with van der Waals surface area (Å²) < 4.78 is 36.9. The molecule has 0 bridgehead atoms. The molecule has 0 amide bonds. The van der Waals surface area contributed by atoms with Crippen molar-refractivity contribution in [1.82, 2.24) is 0 Å². The lowest BCUT2D eigenvalue weighted by Gasteiger charge is -2.34. The van der Waals surface area contributed by atoms with Gasteiger partial charge in [0, 0.05) is 12.1 Å². The number of anilines is 1. The molecule has 0 heterocycles. The topological polar surface area (TPSA) is 66.8 Å². The van der Waals surface area contributed by atoms with Crippen LogP contribution >= 0.6 is 0 Å². The van der Waals surface area contributed by atoms with Crippen LogP contribution in [0.15, 0.2) is 23.1 Å². The zero-order chi connectivity index (χ0) is 14.8. The molecule has 6 heteroatoms. The average Bonchev–Trinajstić information content (AvgIpc) is 2.26. The van der Waals surface area contributed by atoms with Gasteiger partial charge in [0.2, 0.25) is 0 Å². The Labute approximate surface area is 114 Å². The number of rotatable bonds is 5. The summed E-state index contributed by atoms with van der Waals surface area (Å²) in [5, 5.41) is 0. The summed E-state index contributed by atoms with van der Waals surface area (Å²) in [7, 11) is -2.68. The van der Waals surface area contributed by atoms with Gasteiger partial charge in [0.15, 0.2) is 0 Å². The molecular weight excluding hydrogens is 266 g/mol. The van der Waals surface area contributed by atoms with Crippen molar-refractivity contribution < 1.29 is 17.7 Å². The second kappa shape index (κ2) is 5.79. The van der Waals surface area contributed by atoms with E-state index in [1.54, 1.807) is 6.07 Å². The van der Waals surface area contributed by atoms with Crippen LogP contribution in [-0.4, -0.2) is 32.2 Å². The summed E-state index contributed by atoms with van der Waals surface area (Å²) >= 11 is 0. The van der Waals surface area contributed by atoms with Crippen molar-refractivity contribution in [2.75, 3.05) is 12.0 Å². The highest BCUT2D eigenvalue weighted by molar-refractivity contribution is 7.85. The van der Waals surface area contributed by atoms with Crippen molar-refractivity contribution in [2.24, 2.45) is 0 Å². The van der Waals surface area contributed by atoms with Crippen LogP contribution in [0.3, 0.4) is 0 Å².